The average Bonchev–Trinajstić information content (AvgIpc) is 2.35. The van der Waals surface area contributed by atoms with Crippen LogP contribution in [0, 0.1) is 6.92 Å². The Morgan fingerprint density at radius 3 is 2.91 bits per heavy atom. The van der Waals surface area contributed by atoms with Crippen molar-refractivity contribution >= 4 is 5.78 Å². The topological polar surface area (TPSA) is 45.8 Å². The molecule has 0 bridgehead atoms. The molecule has 0 aromatic carbocycles. The van der Waals surface area contributed by atoms with Crippen molar-refractivity contribution < 1.29 is 4.79 Å². The summed E-state index contributed by atoms with van der Waals surface area (Å²) in [5, 5.41) is 0. The van der Waals surface area contributed by atoms with Crippen LogP contribution in [-0.4, -0.2) is 15.8 Å². The van der Waals surface area contributed by atoms with E-state index in [-0.39, 0.29) is 5.78 Å². The van der Waals surface area contributed by atoms with Crippen LogP contribution in [0.2, 0.25) is 0 Å². The molecule has 0 atom stereocenters. The Labute approximate surface area is 65.8 Å². The van der Waals surface area contributed by atoms with Crippen LogP contribution >= 0.6 is 0 Å². The second-order valence-electron chi connectivity index (χ2n) is 2.58. The lowest BCUT2D eigenvalue weighted by molar-refractivity contribution is -0.118. The summed E-state index contributed by atoms with van der Waals surface area (Å²) in [4.78, 5) is 18.0. The van der Waals surface area contributed by atoms with Gasteiger partial charge in [0.1, 0.15) is 11.6 Å². The molecule has 0 aliphatic heterocycles. The third-order valence-corrected chi connectivity index (χ3v) is 1.51. The summed E-state index contributed by atoms with van der Waals surface area (Å²) in [5.74, 6) is 0.994. The molecule has 1 rings (SSSR count). The van der Waals surface area contributed by atoms with E-state index in [1.807, 2.05) is 13.8 Å². The Hall–Kier alpha value is -1.12. The first-order chi connectivity index (χ1) is 5.22. The Morgan fingerprint density at radius 1 is 1.73 bits per heavy atom. The van der Waals surface area contributed by atoms with E-state index in [9.17, 15) is 4.79 Å². The highest BCUT2D eigenvalue weighted by Gasteiger charge is 2.02. The summed E-state index contributed by atoms with van der Waals surface area (Å²) in [6.45, 7) is 3.78. The number of aromatic nitrogens is 2. The Morgan fingerprint density at radius 2 is 2.45 bits per heavy atom. The fourth-order valence-corrected chi connectivity index (χ4v) is 0.868. The number of imidazole rings is 1. The number of Topliss-reactive ketones (excluding diaryl/α,β-unsaturated/α-hetero) is 1. The molecular formula is C8H12N2O. The molecule has 1 aromatic heterocycles. The number of carbonyl (C=O) groups excluding carboxylic acids is 1. The van der Waals surface area contributed by atoms with E-state index in [0.29, 0.717) is 12.8 Å². The number of rotatable bonds is 3. The third kappa shape index (κ3) is 2.18. The van der Waals surface area contributed by atoms with Gasteiger partial charge in [0.05, 0.1) is 6.42 Å². The highest BCUT2D eigenvalue weighted by molar-refractivity contribution is 5.79. The monoisotopic (exact) mass is 152 g/mol. The minimum atomic E-state index is 0.222. The number of nitrogens with zero attached hydrogens (tertiary/aromatic N) is 1. The van der Waals surface area contributed by atoms with Crippen LogP contribution < -0.4 is 0 Å². The normalized spacial score (nSPS) is 10.0. The molecule has 3 nitrogen and oxygen atoms in total. The maximum atomic E-state index is 10.9. The van der Waals surface area contributed by atoms with Gasteiger partial charge >= 0.3 is 0 Å². The molecule has 0 radical (unpaired) electrons. The lowest BCUT2D eigenvalue weighted by Gasteiger charge is -1.91. The number of aryl methyl sites for hydroxylation is 1. The van der Waals surface area contributed by atoms with Crippen LogP contribution in [0.25, 0.3) is 0 Å². The average molecular weight is 152 g/mol. The first kappa shape index (κ1) is 7.98. The van der Waals surface area contributed by atoms with Crippen LogP contribution in [0.5, 0.6) is 0 Å². The summed E-state index contributed by atoms with van der Waals surface area (Å²) in [7, 11) is 0. The van der Waals surface area contributed by atoms with E-state index < -0.39 is 0 Å². The predicted octanol–water partition coefficient (Wildman–Crippen LogP) is 1.24. The fourth-order valence-electron chi connectivity index (χ4n) is 0.868. The van der Waals surface area contributed by atoms with Gasteiger partial charge in [-0.2, -0.15) is 0 Å². The van der Waals surface area contributed by atoms with Gasteiger partial charge < -0.3 is 4.98 Å². The molecule has 0 aliphatic carbocycles. The van der Waals surface area contributed by atoms with Gasteiger partial charge in [-0.25, -0.2) is 4.98 Å². The number of nitrogens with one attached hydrogen (secondary N) is 1. The minimum absolute atomic E-state index is 0.222. The molecule has 60 valence electrons. The first-order valence-corrected chi connectivity index (χ1v) is 3.74. The molecule has 0 aliphatic rings. The lowest BCUT2D eigenvalue weighted by atomic mass is 10.2. The quantitative estimate of drug-likeness (QED) is 0.708. The van der Waals surface area contributed by atoms with E-state index in [4.69, 9.17) is 0 Å². The van der Waals surface area contributed by atoms with Gasteiger partial charge in [0.2, 0.25) is 0 Å². The maximum Gasteiger partial charge on any atom is 0.140 e. The van der Waals surface area contributed by atoms with Crippen LogP contribution in [0.1, 0.15) is 24.9 Å². The molecule has 0 unspecified atom stereocenters. The predicted molar refractivity (Wildman–Crippen MR) is 42.3 cm³/mol. The van der Waals surface area contributed by atoms with Gasteiger partial charge in [-0.1, -0.05) is 6.92 Å². The van der Waals surface area contributed by atoms with Crippen molar-refractivity contribution in [1.82, 2.24) is 9.97 Å². The van der Waals surface area contributed by atoms with Gasteiger partial charge in [0.25, 0.3) is 0 Å². The van der Waals surface area contributed by atoms with E-state index in [1.165, 1.54) is 0 Å². The molecule has 0 spiro atoms. The van der Waals surface area contributed by atoms with Gasteiger partial charge in [0, 0.05) is 18.3 Å². The van der Waals surface area contributed by atoms with Crippen LogP contribution in [0.4, 0.5) is 0 Å². The van der Waals surface area contributed by atoms with Crippen LogP contribution in [0.15, 0.2) is 6.20 Å². The summed E-state index contributed by atoms with van der Waals surface area (Å²) < 4.78 is 0. The molecule has 1 aromatic rings. The van der Waals surface area contributed by atoms with Crippen molar-refractivity contribution in [1.29, 1.82) is 0 Å². The molecule has 0 saturated carbocycles. The zero-order chi connectivity index (χ0) is 8.27. The molecule has 11 heavy (non-hydrogen) atoms. The number of ketones is 1. The van der Waals surface area contributed by atoms with Crippen molar-refractivity contribution in [2.45, 2.75) is 26.7 Å². The first-order valence-electron chi connectivity index (χ1n) is 3.74. The van der Waals surface area contributed by atoms with Crippen LogP contribution in [0.3, 0.4) is 0 Å². The molecule has 0 fully saturated rings. The van der Waals surface area contributed by atoms with Gasteiger partial charge in [0.15, 0.2) is 0 Å². The third-order valence-electron chi connectivity index (χ3n) is 1.51. The summed E-state index contributed by atoms with van der Waals surface area (Å²) in [5.41, 5.74) is 1.00. The van der Waals surface area contributed by atoms with E-state index in [1.54, 1.807) is 6.20 Å². The zero-order valence-electron chi connectivity index (χ0n) is 6.85. The highest BCUT2D eigenvalue weighted by atomic mass is 16.1. The van der Waals surface area contributed by atoms with E-state index in [2.05, 4.69) is 9.97 Å². The van der Waals surface area contributed by atoms with Crippen LogP contribution in [-0.2, 0) is 11.2 Å². The lowest BCUT2D eigenvalue weighted by Crippen LogP contribution is -2.01. The van der Waals surface area contributed by atoms with E-state index in [0.717, 1.165) is 11.5 Å². The molecule has 0 saturated heterocycles. The van der Waals surface area contributed by atoms with Crippen molar-refractivity contribution in [3.8, 4) is 0 Å². The second-order valence-corrected chi connectivity index (χ2v) is 2.58. The number of carbonyl (C=O) groups is 1. The Balaban J connectivity index is 2.57. The summed E-state index contributed by atoms with van der Waals surface area (Å²) in [6.07, 6.45) is 2.75. The summed E-state index contributed by atoms with van der Waals surface area (Å²) >= 11 is 0. The van der Waals surface area contributed by atoms with Crippen molar-refractivity contribution in [3.05, 3.63) is 17.7 Å². The number of H-pyrrole nitrogens is 1. The second kappa shape index (κ2) is 3.32. The van der Waals surface area contributed by atoms with Gasteiger partial charge in [-0.3, -0.25) is 4.79 Å². The van der Waals surface area contributed by atoms with Crippen molar-refractivity contribution in [2.24, 2.45) is 0 Å². The molecule has 0 amide bonds. The van der Waals surface area contributed by atoms with Gasteiger partial charge in [-0.15, -0.1) is 0 Å². The maximum absolute atomic E-state index is 10.9. The molecule has 3 heteroatoms. The minimum Gasteiger partial charge on any atom is -0.346 e. The molecular weight excluding hydrogens is 140 g/mol. The smallest absolute Gasteiger partial charge is 0.140 e. The molecule has 1 N–H and O–H groups in total. The largest absolute Gasteiger partial charge is 0.346 e. The highest BCUT2D eigenvalue weighted by Crippen LogP contribution is 1.97. The van der Waals surface area contributed by atoms with E-state index >= 15 is 0 Å². The Bertz CT molecular complexity index is 252. The zero-order valence-corrected chi connectivity index (χ0v) is 6.85. The standard InChI is InChI=1S/C8H12N2O/c1-3-7(11)4-8-9-5-6(2)10-8/h5H,3-4H2,1-2H3,(H,9,10). The SMILES string of the molecule is CCC(=O)Cc1ncc(C)[nH]1. The van der Waals surface area contributed by atoms with Crippen molar-refractivity contribution in [2.75, 3.05) is 0 Å². The number of hydrogen-bond donors (Lipinski definition) is 1. The fraction of sp³-hybridized carbons (Fsp3) is 0.500. The number of hydrogen-bond acceptors (Lipinski definition) is 2. The van der Waals surface area contributed by atoms with Gasteiger partial charge in [-0.05, 0) is 6.92 Å². The Kier molecular flexibility index (Phi) is 2.41. The van der Waals surface area contributed by atoms with Crippen molar-refractivity contribution in [3.63, 3.8) is 0 Å². The summed E-state index contributed by atoms with van der Waals surface area (Å²) in [6, 6.07) is 0. The number of aromatic amines is 1. The molecule has 1 heterocycles.